The molecule has 3 fully saturated rings. The summed E-state index contributed by atoms with van der Waals surface area (Å²) in [5.41, 5.74) is 1.33. The van der Waals surface area contributed by atoms with Crippen molar-refractivity contribution in [1.29, 1.82) is 0 Å². The Kier molecular flexibility index (Phi) is 8.35. The highest BCUT2D eigenvalue weighted by atomic mass is 16.6. The van der Waals surface area contributed by atoms with Crippen molar-refractivity contribution in [3.05, 3.63) is 47.8 Å². The molecule has 3 amide bonds. The summed E-state index contributed by atoms with van der Waals surface area (Å²) in [5, 5.41) is 0. The third-order valence-corrected chi connectivity index (χ3v) is 7.48. The molecule has 0 radical (unpaired) electrons. The van der Waals surface area contributed by atoms with Gasteiger partial charge in [-0.3, -0.25) is 9.59 Å². The Labute approximate surface area is 235 Å². The van der Waals surface area contributed by atoms with Gasteiger partial charge in [0, 0.05) is 68.4 Å². The van der Waals surface area contributed by atoms with Crippen molar-refractivity contribution >= 4 is 17.9 Å². The molecular formula is C30H39N5O5. The molecule has 0 bridgehead atoms. The standard InChI is InChI=1S/C30H39N5O5/c1-30(2,3)40-29(38)34-14-11-25(12-15-34)35(24-9-10-24)28(37)23-19-31-26(32-20-23)21-5-7-22(8-6-21)27(36)33-13-4-17-39-18-16-33/h5-8,19-20,24-25H,4,9-18H2,1-3H3. The Morgan fingerprint density at radius 2 is 1.50 bits per heavy atom. The summed E-state index contributed by atoms with van der Waals surface area (Å²) in [6, 6.07) is 7.57. The first-order valence-corrected chi connectivity index (χ1v) is 14.3. The number of carbonyl (C=O) groups is 3. The Morgan fingerprint density at radius 1 is 0.850 bits per heavy atom. The molecule has 10 nitrogen and oxygen atoms in total. The predicted octanol–water partition coefficient (Wildman–Crippen LogP) is 4.01. The fraction of sp³-hybridized carbons (Fsp3) is 0.567. The van der Waals surface area contributed by atoms with Gasteiger partial charge in [-0.25, -0.2) is 14.8 Å². The third kappa shape index (κ3) is 6.78. The van der Waals surface area contributed by atoms with Gasteiger partial charge in [0.15, 0.2) is 5.82 Å². The van der Waals surface area contributed by atoms with Crippen molar-refractivity contribution < 1.29 is 23.9 Å². The molecule has 3 aliphatic rings. The number of benzene rings is 1. The van der Waals surface area contributed by atoms with Gasteiger partial charge in [0.2, 0.25) is 0 Å². The van der Waals surface area contributed by atoms with E-state index in [0.29, 0.717) is 56.3 Å². The number of carbonyl (C=O) groups excluding carboxylic acids is 3. The Morgan fingerprint density at radius 3 is 2.12 bits per heavy atom. The van der Waals surface area contributed by atoms with Crippen molar-refractivity contribution in [3.8, 4) is 11.4 Å². The lowest BCUT2D eigenvalue weighted by atomic mass is 10.0. The van der Waals surface area contributed by atoms with E-state index in [-0.39, 0.29) is 30.0 Å². The SMILES string of the molecule is CC(C)(C)OC(=O)N1CCC(N(C(=O)c2cnc(-c3ccc(C(=O)N4CCCOCC4)cc3)nc2)C2CC2)CC1. The number of ether oxygens (including phenoxy) is 2. The number of aromatic nitrogens is 2. The van der Waals surface area contributed by atoms with Crippen LogP contribution in [0.25, 0.3) is 11.4 Å². The molecule has 1 saturated carbocycles. The van der Waals surface area contributed by atoms with Crippen molar-refractivity contribution in [2.24, 2.45) is 0 Å². The van der Waals surface area contributed by atoms with Crippen LogP contribution in [-0.4, -0.2) is 99.7 Å². The second-order valence-electron chi connectivity index (χ2n) is 11.8. The summed E-state index contributed by atoms with van der Waals surface area (Å²) in [6.45, 7) is 9.26. The first kappa shape index (κ1) is 28.0. The first-order chi connectivity index (χ1) is 19.2. The maximum atomic E-state index is 13.6. The number of hydrogen-bond donors (Lipinski definition) is 0. The molecule has 2 aliphatic heterocycles. The van der Waals surface area contributed by atoms with Crippen molar-refractivity contribution in [2.45, 2.75) is 70.6 Å². The van der Waals surface area contributed by atoms with Gasteiger partial charge in [0.1, 0.15) is 5.60 Å². The summed E-state index contributed by atoms with van der Waals surface area (Å²) in [6.07, 6.45) is 7.14. The minimum atomic E-state index is -0.530. The Hall–Kier alpha value is -3.53. The van der Waals surface area contributed by atoms with E-state index in [0.717, 1.165) is 37.7 Å². The van der Waals surface area contributed by atoms with Crippen LogP contribution in [0.4, 0.5) is 4.79 Å². The fourth-order valence-corrected chi connectivity index (χ4v) is 5.27. The van der Waals surface area contributed by atoms with Crippen LogP contribution in [0.1, 0.15) is 73.6 Å². The highest BCUT2D eigenvalue weighted by Gasteiger charge is 2.40. The van der Waals surface area contributed by atoms with Crippen LogP contribution >= 0.6 is 0 Å². The van der Waals surface area contributed by atoms with Crippen LogP contribution in [-0.2, 0) is 9.47 Å². The molecular weight excluding hydrogens is 510 g/mol. The molecule has 1 aromatic heterocycles. The molecule has 10 heteroatoms. The quantitative estimate of drug-likeness (QED) is 0.555. The molecule has 214 valence electrons. The molecule has 0 N–H and O–H groups in total. The van der Waals surface area contributed by atoms with E-state index in [9.17, 15) is 14.4 Å². The summed E-state index contributed by atoms with van der Waals surface area (Å²) in [4.78, 5) is 53.4. The highest BCUT2D eigenvalue weighted by molar-refractivity contribution is 5.95. The van der Waals surface area contributed by atoms with Gasteiger partial charge in [0.05, 0.1) is 12.2 Å². The van der Waals surface area contributed by atoms with Gasteiger partial charge in [-0.1, -0.05) is 12.1 Å². The van der Waals surface area contributed by atoms with E-state index >= 15 is 0 Å². The molecule has 3 heterocycles. The van der Waals surface area contributed by atoms with Crippen LogP contribution in [0.3, 0.4) is 0 Å². The zero-order valence-corrected chi connectivity index (χ0v) is 23.7. The van der Waals surface area contributed by atoms with Gasteiger partial charge in [-0.15, -0.1) is 0 Å². The maximum Gasteiger partial charge on any atom is 0.410 e. The monoisotopic (exact) mass is 549 g/mol. The highest BCUT2D eigenvalue weighted by Crippen LogP contribution is 2.33. The zero-order valence-electron chi connectivity index (χ0n) is 23.7. The normalized spacial score (nSPS) is 18.7. The van der Waals surface area contributed by atoms with Crippen molar-refractivity contribution in [2.75, 3.05) is 39.4 Å². The average Bonchev–Trinajstić information content (AvgIpc) is 3.80. The lowest BCUT2D eigenvalue weighted by Gasteiger charge is -2.39. The zero-order chi connectivity index (χ0) is 28.3. The molecule has 0 atom stereocenters. The predicted molar refractivity (Wildman–Crippen MR) is 149 cm³/mol. The lowest BCUT2D eigenvalue weighted by molar-refractivity contribution is 0.0142. The van der Waals surface area contributed by atoms with Gasteiger partial charge >= 0.3 is 6.09 Å². The van der Waals surface area contributed by atoms with E-state index in [2.05, 4.69) is 9.97 Å². The molecule has 0 unspecified atom stereocenters. The van der Waals surface area contributed by atoms with E-state index in [1.807, 2.05) is 42.7 Å². The molecule has 40 heavy (non-hydrogen) atoms. The molecule has 1 aliphatic carbocycles. The third-order valence-electron chi connectivity index (χ3n) is 7.48. The summed E-state index contributed by atoms with van der Waals surface area (Å²) in [7, 11) is 0. The number of amides is 3. The van der Waals surface area contributed by atoms with Crippen LogP contribution in [0.5, 0.6) is 0 Å². The van der Waals surface area contributed by atoms with Gasteiger partial charge < -0.3 is 24.2 Å². The van der Waals surface area contributed by atoms with E-state index in [4.69, 9.17) is 9.47 Å². The molecule has 2 saturated heterocycles. The summed E-state index contributed by atoms with van der Waals surface area (Å²) >= 11 is 0. The second kappa shape index (κ2) is 11.9. The number of nitrogens with zero attached hydrogens (tertiary/aromatic N) is 5. The Balaban J connectivity index is 1.21. The van der Waals surface area contributed by atoms with Crippen LogP contribution < -0.4 is 0 Å². The van der Waals surface area contributed by atoms with E-state index < -0.39 is 5.60 Å². The smallest absolute Gasteiger partial charge is 0.410 e. The summed E-state index contributed by atoms with van der Waals surface area (Å²) in [5.74, 6) is 0.436. The van der Waals surface area contributed by atoms with Crippen molar-refractivity contribution in [1.82, 2.24) is 24.7 Å². The second-order valence-corrected chi connectivity index (χ2v) is 11.8. The number of hydrogen-bond acceptors (Lipinski definition) is 7. The molecule has 1 aromatic carbocycles. The van der Waals surface area contributed by atoms with Gasteiger partial charge in [0.25, 0.3) is 11.8 Å². The minimum absolute atomic E-state index is 0.00370. The lowest BCUT2D eigenvalue weighted by Crippen LogP contribution is -2.50. The van der Waals surface area contributed by atoms with Gasteiger partial charge in [-0.05, 0) is 65.0 Å². The molecule has 2 aromatic rings. The topological polar surface area (TPSA) is 105 Å². The average molecular weight is 550 g/mol. The summed E-state index contributed by atoms with van der Waals surface area (Å²) < 4.78 is 11.0. The Bertz CT molecular complexity index is 1190. The fourth-order valence-electron chi connectivity index (χ4n) is 5.27. The molecule has 5 rings (SSSR count). The van der Waals surface area contributed by atoms with Crippen molar-refractivity contribution in [3.63, 3.8) is 0 Å². The minimum Gasteiger partial charge on any atom is -0.444 e. The number of piperidine rings is 1. The first-order valence-electron chi connectivity index (χ1n) is 14.3. The van der Waals surface area contributed by atoms with Crippen LogP contribution in [0, 0.1) is 0 Å². The van der Waals surface area contributed by atoms with Crippen LogP contribution in [0.2, 0.25) is 0 Å². The number of rotatable bonds is 5. The molecule has 0 spiro atoms. The van der Waals surface area contributed by atoms with E-state index in [1.54, 1.807) is 29.4 Å². The van der Waals surface area contributed by atoms with E-state index in [1.165, 1.54) is 0 Å². The maximum absolute atomic E-state index is 13.6. The number of likely N-dealkylation sites (tertiary alicyclic amines) is 1. The van der Waals surface area contributed by atoms with Crippen LogP contribution in [0.15, 0.2) is 36.7 Å². The van der Waals surface area contributed by atoms with Gasteiger partial charge in [-0.2, -0.15) is 0 Å². The largest absolute Gasteiger partial charge is 0.444 e.